The molecule has 0 heterocycles. The van der Waals surface area contributed by atoms with Crippen LogP contribution in [-0.2, 0) is 0 Å². The zero-order chi connectivity index (χ0) is 13.3. The van der Waals surface area contributed by atoms with Crippen LogP contribution in [0.4, 0.5) is 13.2 Å². The van der Waals surface area contributed by atoms with E-state index >= 15 is 0 Å². The molecule has 0 aliphatic rings. The van der Waals surface area contributed by atoms with Crippen molar-refractivity contribution >= 4 is 23.2 Å². The molecule has 0 fully saturated rings. The number of rotatable bonds is 2. The number of alkyl halides is 3. The van der Waals surface area contributed by atoms with Gasteiger partial charge in [-0.2, -0.15) is 13.2 Å². The molecule has 0 aliphatic carbocycles. The highest BCUT2D eigenvalue weighted by molar-refractivity contribution is 5.88. The third-order valence-electron chi connectivity index (χ3n) is 3.03. The van der Waals surface area contributed by atoms with E-state index in [4.69, 9.17) is 5.73 Å². The SMILES string of the molecule is Cc1ccc([C@H](N)CC(F)(F)F)c2ccccc12.Cl. The molecule has 0 saturated carbocycles. The molecule has 0 bridgehead atoms. The monoisotopic (exact) mass is 289 g/mol. The predicted molar refractivity (Wildman–Crippen MR) is 73.5 cm³/mol. The van der Waals surface area contributed by atoms with Crippen LogP contribution >= 0.6 is 12.4 Å². The summed E-state index contributed by atoms with van der Waals surface area (Å²) in [6, 6.07) is 9.88. The first kappa shape index (κ1) is 15.8. The van der Waals surface area contributed by atoms with Gasteiger partial charge in [0.15, 0.2) is 0 Å². The summed E-state index contributed by atoms with van der Waals surface area (Å²) >= 11 is 0. The lowest BCUT2D eigenvalue weighted by molar-refractivity contribution is -0.138. The summed E-state index contributed by atoms with van der Waals surface area (Å²) in [4.78, 5) is 0. The molecule has 19 heavy (non-hydrogen) atoms. The number of nitrogens with two attached hydrogens (primary N) is 1. The van der Waals surface area contributed by atoms with Gasteiger partial charge in [-0.1, -0.05) is 36.4 Å². The fourth-order valence-electron chi connectivity index (χ4n) is 2.16. The van der Waals surface area contributed by atoms with E-state index in [9.17, 15) is 13.2 Å². The zero-order valence-corrected chi connectivity index (χ0v) is 11.2. The van der Waals surface area contributed by atoms with E-state index < -0.39 is 18.6 Å². The maximum atomic E-state index is 12.4. The Bertz CT molecular complexity index is 566. The highest BCUT2D eigenvalue weighted by atomic mass is 35.5. The van der Waals surface area contributed by atoms with Gasteiger partial charge in [0.25, 0.3) is 0 Å². The minimum atomic E-state index is -4.24. The molecule has 2 aromatic rings. The molecule has 0 spiro atoms. The van der Waals surface area contributed by atoms with Crippen molar-refractivity contribution in [1.82, 2.24) is 0 Å². The predicted octanol–water partition coefficient (Wildman–Crippen LogP) is 4.52. The molecule has 0 aliphatic heterocycles. The summed E-state index contributed by atoms with van der Waals surface area (Å²) in [7, 11) is 0. The molecule has 0 aromatic heterocycles. The van der Waals surface area contributed by atoms with E-state index in [1.54, 1.807) is 6.07 Å². The maximum Gasteiger partial charge on any atom is 0.390 e. The first-order valence-corrected chi connectivity index (χ1v) is 5.69. The second-order valence-electron chi connectivity index (χ2n) is 4.44. The van der Waals surface area contributed by atoms with E-state index in [0.29, 0.717) is 5.56 Å². The van der Waals surface area contributed by atoms with E-state index in [0.717, 1.165) is 16.3 Å². The van der Waals surface area contributed by atoms with Gasteiger partial charge in [-0.15, -0.1) is 12.4 Å². The van der Waals surface area contributed by atoms with Crippen molar-refractivity contribution in [3.05, 3.63) is 47.5 Å². The lowest BCUT2D eigenvalue weighted by Crippen LogP contribution is -2.20. The Balaban J connectivity index is 0.00000180. The number of aryl methyl sites for hydroxylation is 1. The largest absolute Gasteiger partial charge is 0.390 e. The van der Waals surface area contributed by atoms with E-state index in [1.165, 1.54) is 0 Å². The van der Waals surface area contributed by atoms with Gasteiger partial charge >= 0.3 is 6.18 Å². The molecule has 0 saturated heterocycles. The number of fused-ring (bicyclic) bond motifs is 1. The van der Waals surface area contributed by atoms with Crippen molar-refractivity contribution in [3.8, 4) is 0 Å². The third kappa shape index (κ3) is 3.61. The average Bonchev–Trinajstić information content (AvgIpc) is 2.27. The van der Waals surface area contributed by atoms with Gasteiger partial charge in [0.2, 0.25) is 0 Å². The molecule has 2 aromatic carbocycles. The van der Waals surface area contributed by atoms with Crippen molar-refractivity contribution in [2.75, 3.05) is 0 Å². The Morgan fingerprint density at radius 1 is 1.05 bits per heavy atom. The third-order valence-corrected chi connectivity index (χ3v) is 3.03. The van der Waals surface area contributed by atoms with Gasteiger partial charge < -0.3 is 5.73 Å². The van der Waals surface area contributed by atoms with Crippen LogP contribution in [0, 0.1) is 6.92 Å². The summed E-state index contributed by atoms with van der Waals surface area (Å²) in [6.07, 6.45) is -5.24. The molecule has 2 rings (SSSR count). The summed E-state index contributed by atoms with van der Waals surface area (Å²) in [5, 5.41) is 1.75. The Kier molecular flexibility index (Phi) is 4.82. The van der Waals surface area contributed by atoms with Gasteiger partial charge in [-0.05, 0) is 28.8 Å². The van der Waals surface area contributed by atoms with Crippen LogP contribution in [0.3, 0.4) is 0 Å². The highest BCUT2D eigenvalue weighted by Gasteiger charge is 2.31. The van der Waals surface area contributed by atoms with Crippen molar-refractivity contribution in [2.24, 2.45) is 5.73 Å². The maximum absolute atomic E-state index is 12.4. The molecule has 0 amide bonds. The van der Waals surface area contributed by atoms with Crippen LogP contribution in [0.2, 0.25) is 0 Å². The number of halogens is 4. The van der Waals surface area contributed by atoms with Gasteiger partial charge in [0, 0.05) is 6.04 Å². The zero-order valence-electron chi connectivity index (χ0n) is 10.4. The lowest BCUT2D eigenvalue weighted by Gasteiger charge is -2.17. The van der Waals surface area contributed by atoms with Crippen molar-refractivity contribution in [2.45, 2.75) is 25.6 Å². The quantitative estimate of drug-likeness (QED) is 0.864. The van der Waals surface area contributed by atoms with Gasteiger partial charge in [0.05, 0.1) is 6.42 Å². The summed E-state index contributed by atoms with van der Waals surface area (Å²) < 4.78 is 37.2. The second-order valence-corrected chi connectivity index (χ2v) is 4.44. The number of benzene rings is 2. The van der Waals surface area contributed by atoms with Crippen LogP contribution in [-0.4, -0.2) is 6.18 Å². The van der Waals surface area contributed by atoms with Crippen LogP contribution in [0.5, 0.6) is 0 Å². The Labute approximate surface area is 116 Å². The molecular weight excluding hydrogens is 275 g/mol. The van der Waals surface area contributed by atoms with Gasteiger partial charge in [0.1, 0.15) is 0 Å². The van der Waals surface area contributed by atoms with Gasteiger partial charge in [-0.3, -0.25) is 0 Å². The molecule has 104 valence electrons. The molecule has 0 radical (unpaired) electrons. The summed E-state index contributed by atoms with van der Waals surface area (Å²) in [6.45, 7) is 1.93. The minimum absolute atomic E-state index is 0. The molecule has 0 unspecified atom stereocenters. The summed E-state index contributed by atoms with van der Waals surface area (Å²) in [5.41, 5.74) is 7.26. The van der Waals surface area contributed by atoms with E-state index in [1.807, 2.05) is 37.3 Å². The van der Waals surface area contributed by atoms with Crippen LogP contribution in [0.15, 0.2) is 36.4 Å². The highest BCUT2D eigenvalue weighted by Crippen LogP contribution is 2.32. The summed E-state index contributed by atoms with van der Waals surface area (Å²) in [5.74, 6) is 0. The first-order chi connectivity index (χ1) is 8.38. The fraction of sp³-hybridized carbons (Fsp3) is 0.286. The fourth-order valence-corrected chi connectivity index (χ4v) is 2.16. The number of hydrogen-bond acceptors (Lipinski definition) is 1. The normalized spacial score (nSPS) is 13.1. The van der Waals surface area contributed by atoms with E-state index in [-0.39, 0.29) is 12.4 Å². The Morgan fingerprint density at radius 2 is 1.63 bits per heavy atom. The topological polar surface area (TPSA) is 26.0 Å². The average molecular weight is 290 g/mol. The number of hydrogen-bond donors (Lipinski definition) is 1. The lowest BCUT2D eigenvalue weighted by atomic mass is 9.95. The Hall–Kier alpha value is -1.26. The Morgan fingerprint density at radius 3 is 2.21 bits per heavy atom. The van der Waals surface area contributed by atoms with Crippen LogP contribution in [0.25, 0.3) is 10.8 Å². The minimum Gasteiger partial charge on any atom is -0.324 e. The van der Waals surface area contributed by atoms with Crippen molar-refractivity contribution in [3.63, 3.8) is 0 Å². The molecule has 1 nitrogen and oxygen atoms in total. The van der Waals surface area contributed by atoms with Gasteiger partial charge in [-0.25, -0.2) is 0 Å². The molecule has 2 N–H and O–H groups in total. The molecular formula is C14H15ClF3N. The van der Waals surface area contributed by atoms with Crippen molar-refractivity contribution < 1.29 is 13.2 Å². The smallest absolute Gasteiger partial charge is 0.324 e. The standard InChI is InChI=1S/C14H14F3N.ClH/c1-9-6-7-12(13(18)8-14(15,16)17)11-5-3-2-4-10(9)11;/h2-7,13H,8,18H2,1H3;1H/t13-;/m1./s1. The first-order valence-electron chi connectivity index (χ1n) is 5.69. The van der Waals surface area contributed by atoms with Crippen LogP contribution in [0.1, 0.15) is 23.6 Å². The van der Waals surface area contributed by atoms with Crippen LogP contribution < -0.4 is 5.73 Å². The molecule has 1 atom stereocenters. The second kappa shape index (κ2) is 5.80. The molecule has 5 heteroatoms. The van der Waals surface area contributed by atoms with Crippen molar-refractivity contribution in [1.29, 1.82) is 0 Å². The van der Waals surface area contributed by atoms with E-state index in [2.05, 4.69) is 0 Å².